The SMILES string of the molecule is CCOC(=O)Cc1csc(NC(=O)c2ccn(-c3cccc(F)c3)n2)n1. The molecule has 0 aliphatic rings. The highest BCUT2D eigenvalue weighted by molar-refractivity contribution is 7.14. The van der Waals surface area contributed by atoms with Gasteiger partial charge in [0, 0.05) is 11.6 Å². The number of rotatable bonds is 6. The number of nitrogens with one attached hydrogen (secondary N) is 1. The summed E-state index contributed by atoms with van der Waals surface area (Å²) < 4.78 is 19.6. The number of esters is 1. The molecule has 2 aromatic heterocycles. The minimum absolute atomic E-state index is 0.0500. The van der Waals surface area contributed by atoms with Gasteiger partial charge in [0.2, 0.25) is 0 Å². The number of nitrogens with zero attached hydrogens (tertiary/aromatic N) is 3. The van der Waals surface area contributed by atoms with Gasteiger partial charge >= 0.3 is 5.97 Å². The van der Waals surface area contributed by atoms with Gasteiger partial charge in [-0.05, 0) is 31.2 Å². The third kappa shape index (κ3) is 4.31. The molecule has 0 fully saturated rings. The molecule has 7 nitrogen and oxygen atoms in total. The lowest BCUT2D eigenvalue weighted by atomic mass is 10.3. The lowest BCUT2D eigenvalue weighted by molar-refractivity contribution is -0.142. The van der Waals surface area contributed by atoms with Crippen LogP contribution in [0.3, 0.4) is 0 Å². The number of aromatic nitrogens is 3. The van der Waals surface area contributed by atoms with Crippen LogP contribution in [0, 0.1) is 5.82 Å². The molecule has 26 heavy (non-hydrogen) atoms. The van der Waals surface area contributed by atoms with Crippen molar-refractivity contribution in [2.75, 3.05) is 11.9 Å². The first-order valence-corrected chi connectivity index (χ1v) is 8.66. The molecule has 0 atom stereocenters. The predicted octanol–water partition coefficient (Wildman–Crippen LogP) is 2.83. The van der Waals surface area contributed by atoms with Gasteiger partial charge in [0.25, 0.3) is 5.91 Å². The van der Waals surface area contributed by atoms with Crippen LogP contribution < -0.4 is 5.32 Å². The summed E-state index contributed by atoms with van der Waals surface area (Å²) in [4.78, 5) is 27.9. The van der Waals surface area contributed by atoms with Crippen molar-refractivity contribution in [1.29, 1.82) is 0 Å². The minimum atomic E-state index is -0.447. The highest BCUT2D eigenvalue weighted by Gasteiger charge is 2.14. The Balaban J connectivity index is 1.66. The van der Waals surface area contributed by atoms with Gasteiger partial charge in [0.05, 0.1) is 24.4 Å². The largest absolute Gasteiger partial charge is 0.466 e. The van der Waals surface area contributed by atoms with Crippen molar-refractivity contribution < 1.29 is 18.7 Å². The molecule has 3 rings (SSSR count). The third-order valence-corrected chi connectivity index (χ3v) is 4.10. The minimum Gasteiger partial charge on any atom is -0.466 e. The summed E-state index contributed by atoms with van der Waals surface area (Å²) in [7, 11) is 0. The maximum Gasteiger partial charge on any atom is 0.311 e. The van der Waals surface area contributed by atoms with Crippen LogP contribution in [0.4, 0.5) is 9.52 Å². The van der Waals surface area contributed by atoms with E-state index in [2.05, 4.69) is 15.4 Å². The van der Waals surface area contributed by atoms with Gasteiger partial charge in [-0.15, -0.1) is 11.3 Å². The number of hydrogen-bond donors (Lipinski definition) is 1. The van der Waals surface area contributed by atoms with Crippen molar-refractivity contribution in [3.05, 3.63) is 59.1 Å². The second kappa shape index (κ2) is 7.87. The van der Waals surface area contributed by atoms with Crippen LogP contribution in [-0.2, 0) is 16.0 Å². The van der Waals surface area contributed by atoms with Crippen molar-refractivity contribution in [1.82, 2.24) is 14.8 Å². The molecule has 0 radical (unpaired) electrons. The third-order valence-electron chi connectivity index (χ3n) is 3.30. The number of carbonyl (C=O) groups is 2. The average Bonchev–Trinajstić information content (AvgIpc) is 3.25. The van der Waals surface area contributed by atoms with Gasteiger partial charge in [-0.1, -0.05) is 6.07 Å². The number of thiazole rings is 1. The number of anilines is 1. The number of amides is 1. The zero-order chi connectivity index (χ0) is 18.5. The monoisotopic (exact) mass is 374 g/mol. The quantitative estimate of drug-likeness (QED) is 0.671. The maximum atomic E-state index is 13.3. The summed E-state index contributed by atoms with van der Waals surface area (Å²) >= 11 is 1.20. The van der Waals surface area contributed by atoms with Crippen LogP contribution in [0.5, 0.6) is 0 Å². The molecule has 0 aliphatic carbocycles. The van der Waals surface area contributed by atoms with Crippen LogP contribution >= 0.6 is 11.3 Å². The first-order chi connectivity index (χ1) is 12.5. The molecule has 0 aliphatic heterocycles. The molecular weight excluding hydrogens is 359 g/mol. The summed E-state index contributed by atoms with van der Waals surface area (Å²) in [5, 5.41) is 8.80. The molecule has 0 spiro atoms. The molecule has 9 heteroatoms. The van der Waals surface area contributed by atoms with E-state index in [9.17, 15) is 14.0 Å². The maximum absolute atomic E-state index is 13.3. The number of benzene rings is 1. The topological polar surface area (TPSA) is 86.1 Å². The number of hydrogen-bond acceptors (Lipinski definition) is 6. The standard InChI is InChI=1S/C17H15FN4O3S/c1-2-25-15(23)9-12-10-26-17(19-12)20-16(24)14-6-7-22(21-14)13-5-3-4-11(18)8-13/h3-8,10H,2,9H2,1H3,(H,19,20,24). The van der Waals surface area contributed by atoms with Crippen LogP contribution in [0.2, 0.25) is 0 Å². The second-order valence-corrected chi connectivity index (χ2v) is 6.06. The fourth-order valence-corrected chi connectivity index (χ4v) is 2.88. The molecule has 1 N–H and O–H groups in total. The van der Waals surface area contributed by atoms with Gasteiger partial charge in [-0.3, -0.25) is 14.9 Å². The fraction of sp³-hybridized carbons (Fsp3) is 0.176. The molecule has 0 saturated heterocycles. The van der Waals surface area contributed by atoms with E-state index >= 15 is 0 Å². The summed E-state index contributed by atoms with van der Waals surface area (Å²) in [6.07, 6.45) is 1.62. The predicted molar refractivity (Wildman–Crippen MR) is 93.9 cm³/mol. The van der Waals surface area contributed by atoms with Crippen molar-refractivity contribution in [2.24, 2.45) is 0 Å². The van der Waals surface area contributed by atoms with E-state index in [1.165, 1.54) is 34.2 Å². The van der Waals surface area contributed by atoms with E-state index < -0.39 is 5.91 Å². The Morgan fingerprint density at radius 1 is 1.35 bits per heavy atom. The van der Waals surface area contributed by atoms with Crippen LogP contribution in [0.1, 0.15) is 23.1 Å². The Bertz CT molecular complexity index is 937. The van der Waals surface area contributed by atoms with E-state index in [0.29, 0.717) is 23.1 Å². The van der Waals surface area contributed by atoms with E-state index in [-0.39, 0.29) is 23.9 Å². The van der Waals surface area contributed by atoms with E-state index in [1.54, 1.807) is 30.6 Å². The van der Waals surface area contributed by atoms with Crippen LogP contribution in [-0.4, -0.2) is 33.2 Å². The van der Waals surface area contributed by atoms with Crippen LogP contribution in [0.25, 0.3) is 5.69 Å². The van der Waals surface area contributed by atoms with Crippen molar-refractivity contribution in [3.8, 4) is 5.69 Å². The van der Waals surface area contributed by atoms with Crippen molar-refractivity contribution >= 4 is 28.3 Å². The number of halogens is 1. The lowest BCUT2D eigenvalue weighted by Crippen LogP contribution is -2.13. The summed E-state index contributed by atoms with van der Waals surface area (Å²) in [6.45, 7) is 2.04. The molecule has 0 unspecified atom stereocenters. The molecule has 1 amide bonds. The highest BCUT2D eigenvalue weighted by atomic mass is 32.1. The normalized spacial score (nSPS) is 10.5. The van der Waals surface area contributed by atoms with Gasteiger partial charge in [-0.25, -0.2) is 14.1 Å². The smallest absolute Gasteiger partial charge is 0.311 e. The zero-order valence-electron chi connectivity index (χ0n) is 13.8. The number of ether oxygens (including phenoxy) is 1. The Hall–Kier alpha value is -3.07. The van der Waals surface area contributed by atoms with Gasteiger partial charge in [0.15, 0.2) is 10.8 Å². The molecule has 2 heterocycles. The fourth-order valence-electron chi connectivity index (χ4n) is 2.17. The van der Waals surface area contributed by atoms with Crippen molar-refractivity contribution in [2.45, 2.75) is 13.3 Å². The summed E-state index contributed by atoms with van der Waals surface area (Å²) in [6, 6.07) is 7.41. The summed E-state index contributed by atoms with van der Waals surface area (Å²) in [5.74, 6) is -1.21. The molecule has 0 bridgehead atoms. The molecule has 134 valence electrons. The highest BCUT2D eigenvalue weighted by Crippen LogP contribution is 2.17. The molecule has 1 aromatic carbocycles. The molecule has 0 saturated carbocycles. The molecule has 3 aromatic rings. The molecular formula is C17H15FN4O3S. The Morgan fingerprint density at radius 2 is 2.19 bits per heavy atom. The summed E-state index contributed by atoms with van der Waals surface area (Å²) in [5.41, 5.74) is 1.19. The second-order valence-electron chi connectivity index (χ2n) is 5.21. The van der Waals surface area contributed by atoms with E-state index in [4.69, 9.17) is 4.74 Å². The first kappa shape index (κ1) is 17.7. The zero-order valence-corrected chi connectivity index (χ0v) is 14.6. The van der Waals surface area contributed by atoms with E-state index in [1.807, 2.05) is 0 Å². The Morgan fingerprint density at radius 3 is 2.96 bits per heavy atom. The van der Waals surface area contributed by atoms with Gasteiger partial charge in [-0.2, -0.15) is 5.10 Å². The lowest BCUT2D eigenvalue weighted by Gasteiger charge is -2.01. The Labute approximate surface area is 152 Å². The van der Waals surface area contributed by atoms with Gasteiger partial charge < -0.3 is 4.74 Å². The first-order valence-electron chi connectivity index (χ1n) is 7.78. The average molecular weight is 374 g/mol. The van der Waals surface area contributed by atoms with Crippen molar-refractivity contribution in [3.63, 3.8) is 0 Å². The number of carbonyl (C=O) groups excluding carboxylic acids is 2. The Kier molecular flexibility index (Phi) is 5.37. The van der Waals surface area contributed by atoms with Gasteiger partial charge in [0.1, 0.15) is 5.82 Å². The van der Waals surface area contributed by atoms with Crippen LogP contribution in [0.15, 0.2) is 41.9 Å². The van der Waals surface area contributed by atoms with E-state index in [0.717, 1.165) is 0 Å².